The molecule has 0 saturated carbocycles. The maximum absolute atomic E-state index is 12.5. The Morgan fingerprint density at radius 2 is 1.45 bits per heavy atom. The average molecular weight is 426 g/mol. The van der Waals surface area contributed by atoms with E-state index in [4.69, 9.17) is 12.2 Å². The normalized spacial score (nSPS) is 12.1. The lowest BCUT2D eigenvalue weighted by atomic mass is 10.1. The van der Waals surface area contributed by atoms with Gasteiger partial charge in [0.15, 0.2) is 5.11 Å². The Balaban J connectivity index is 1.60. The predicted molar refractivity (Wildman–Crippen MR) is 123 cm³/mol. The first kappa shape index (κ1) is 20.8. The van der Waals surface area contributed by atoms with E-state index >= 15 is 0 Å². The molecule has 1 unspecified atom stereocenters. The van der Waals surface area contributed by atoms with Gasteiger partial charge in [-0.15, -0.1) is 0 Å². The van der Waals surface area contributed by atoms with Gasteiger partial charge in [0, 0.05) is 11.4 Å². The summed E-state index contributed by atoms with van der Waals surface area (Å²) in [5.74, 6) is 0. The van der Waals surface area contributed by atoms with E-state index in [0.29, 0.717) is 10.8 Å². The van der Waals surface area contributed by atoms with E-state index in [0.717, 1.165) is 16.8 Å². The number of hydrogen-bond acceptors (Lipinski definition) is 3. The highest BCUT2D eigenvalue weighted by Gasteiger charge is 2.14. The molecule has 3 N–H and O–H groups in total. The summed E-state index contributed by atoms with van der Waals surface area (Å²) >= 11 is 5.37. The van der Waals surface area contributed by atoms with Gasteiger partial charge in [-0.2, -0.15) is 0 Å². The summed E-state index contributed by atoms with van der Waals surface area (Å²) in [4.78, 5) is 0.227. The highest BCUT2D eigenvalue weighted by Crippen LogP contribution is 2.19. The van der Waals surface area contributed by atoms with Gasteiger partial charge in [0.2, 0.25) is 0 Å². The molecule has 5 nitrogen and oxygen atoms in total. The molecule has 0 aliphatic carbocycles. The van der Waals surface area contributed by atoms with Gasteiger partial charge in [0.25, 0.3) is 10.0 Å². The molecule has 3 rings (SSSR count). The van der Waals surface area contributed by atoms with Crippen LogP contribution in [-0.2, 0) is 10.0 Å². The summed E-state index contributed by atoms with van der Waals surface area (Å²) in [5, 5.41) is 6.84. The topological polar surface area (TPSA) is 70.2 Å². The van der Waals surface area contributed by atoms with Crippen LogP contribution in [0.4, 0.5) is 11.4 Å². The fraction of sp³-hybridized carbons (Fsp3) is 0.136. The lowest BCUT2D eigenvalue weighted by Crippen LogP contribution is -2.30. The number of rotatable bonds is 6. The van der Waals surface area contributed by atoms with Gasteiger partial charge in [0.05, 0.1) is 10.9 Å². The smallest absolute Gasteiger partial charge is 0.261 e. The zero-order valence-corrected chi connectivity index (χ0v) is 17.8. The summed E-state index contributed by atoms with van der Waals surface area (Å²) in [6.07, 6.45) is 0. The van der Waals surface area contributed by atoms with Crippen LogP contribution in [0.3, 0.4) is 0 Å². The van der Waals surface area contributed by atoms with Gasteiger partial charge < -0.3 is 10.6 Å². The van der Waals surface area contributed by atoms with Crippen LogP contribution in [0.25, 0.3) is 0 Å². The molecule has 0 saturated heterocycles. The second-order valence-corrected chi connectivity index (χ2v) is 8.82. The van der Waals surface area contributed by atoms with Gasteiger partial charge in [-0.1, -0.05) is 48.0 Å². The van der Waals surface area contributed by atoms with Gasteiger partial charge in [-0.25, -0.2) is 8.42 Å². The van der Waals surface area contributed by atoms with Crippen LogP contribution >= 0.6 is 12.2 Å². The summed E-state index contributed by atoms with van der Waals surface area (Å²) in [6.45, 7) is 3.95. The SMILES string of the molecule is Cc1ccc(S(=O)(=O)Nc2ccc(NC(=S)NC(C)c3ccccc3)cc2)cc1. The first-order chi connectivity index (χ1) is 13.8. The van der Waals surface area contributed by atoms with E-state index in [1.807, 2.05) is 44.2 Å². The third-order valence-corrected chi connectivity index (χ3v) is 5.99. The molecule has 0 heterocycles. The molecule has 0 amide bonds. The fourth-order valence-electron chi connectivity index (χ4n) is 2.74. The van der Waals surface area contributed by atoms with Crippen LogP contribution in [-0.4, -0.2) is 13.5 Å². The first-order valence-electron chi connectivity index (χ1n) is 9.15. The minimum absolute atomic E-state index is 0.0665. The Morgan fingerprint density at radius 3 is 2.07 bits per heavy atom. The molecule has 3 aromatic carbocycles. The van der Waals surface area contributed by atoms with Crippen molar-refractivity contribution in [3.63, 3.8) is 0 Å². The Morgan fingerprint density at radius 1 is 0.862 bits per heavy atom. The lowest BCUT2D eigenvalue weighted by molar-refractivity contribution is 0.601. The molecule has 0 aliphatic rings. The van der Waals surface area contributed by atoms with Crippen molar-refractivity contribution in [2.75, 3.05) is 10.0 Å². The molecule has 3 aromatic rings. The number of thiocarbonyl (C=S) groups is 1. The number of benzene rings is 3. The zero-order valence-electron chi connectivity index (χ0n) is 16.2. The standard InChI is InChI=1S/C22H23N3O2S2/c1-16-8-14-21(15-9-16)29(26,27)25-20-12-10-19(11-13-20)24-22(28)23-17(2)18-6-4-3-5-7-18/h3-15,17,25H,1-2H3,(H2,23,24,28). The van der Waals surface area contributed by atoms with E-state index in [1.54, 1.807) is 48.5 Å². The minimum Gasteiger partial charge on any atom is -0.356 e. The Labute approximate surface area is 177 Å². The van der Waals surface area contributed by atoms with Crippen molar-refractivity contribution in [2.24, 2.45) is 0 Å². The highest BCUT2D eigenvalue weighted by atomic mass is 32.2. The van der Waals surface area contributed by atoms with Crippen LogP contribution in [0.15, 0.2) is 83.8 Å². The minimum atomic E-state index is -3.62. The van der Waals surface area contributed by atoms with Crippen LogP contribution < -0.4 is 15.4 Å². The van der Waals surface area contributed by atoms with Crippen molar-refractivity contribution < 1.29 is 8.42 Å². The zero-order chi connectivity index (χ0) is 20.9. The Bertz CT molecular complexity index is 1070. The maximum Gasteiger partial charge on any atom is 0.261 e. The number of anilines is 2. The van der Waals surface area contributed by atoms with Crippen molar-refractivity contribution in [1.82, 2.24) is 5.32 Å². The summed E-state index contributed by atoms with van der Waals surface area (Å²) in [5.41, 5.74) is 3.39. The number of aryl methyl sites for hydroxylation is 1. The molecule has 0 aromatic heterocycles. The van der Waals surface area contributed by atoms with Crippen molar-refractivity contribution in [3.05, 3.63) is 90.0 Å². The van der Waals surface area contributed by atoms with E-state index in [-0.39, 0.29) is 10.9 Å². The molecule has 0 aliphatic heterocycles. The third-order valence-electron chi connectivity index (χ3n) is 4.37. The Kier molecular flexibility index (Phi) is 6.51. The van der Waals surface area contributed by atoms with Crippen LogP contribution in [0.5, 0.6) is 0 Å². The molecule has 0 spiro atoms. The third kappa shape index (κ3) is 5.79. The summed E-state index contributed by atoms with van der Waals surface area (Å²) < 4.78 is 27.5. The van der Waals surface area contributed by atoms with Crippen LogP contribution in [0, 0.1) is 6.92 Å². The molecule has 1 atom stereocenters. The second-order valence-electron chi connectivity index (χ2n) is 6.73. The quantitative estimate of drug-likeness (QED) is 0.493. The van der Waals surface area contributed by atoms with Gasteiger partial charge >= 0.3 is 0 Å². The van der Waals surface area contributed by atoms with Crippen LogP contribution in [0.2, 0.25) is 0 Å². The average Bonchev–Trinajstić information content (AvgIpc) is 2.70. The fourth-order valence-corrected chi connectivity index (χ4v) is 4.10. The van der Waals surface area contributed by atoms with E-state index in [2.05, 4.69) is 15.4 Å². The number of nitrogens with one attached hydrogen (secondary N) is 3. The van der Waals surface area contributed by atoms with Crippen LogP contribution in [0.1, 0.15) is 24.1 Å². The molecule has 0 radical (unpaired) electrons. The first-order valence-corrected chi connectivity index (χ1v) is 11.0. The second kappa shape index (κ2) is 9.07. The monoisotopic (exact) mass is 425 g/mol. The lowest BCUT2D eigenvalue weighted by Gasteiger charge is -2.17. The maximum atomic E-state index is 12.5. The summed E-state index contributed by atoms with van der Waals surface area (Å²) in [6, 6.07) is 23.7. The highest BCUT2D eigenvalue weighted by molar-refractivity contribution is 7.92. The Hall–Kier alpha value is -2.90. The number of sulfonamides is 1. The number of hydrogen-bond donors (Lipinski definition) is 3. The molecule has 0 bridgehead atoms. The van der Waals surface area contributed by atoms with Crippen molar-refractivity contribution in [1.29, 1.82) is 0 Å². The van der Waals surface area contributed by atoms with Crippen molar-refractivity contribution in [2.45, 2.75) is 24.8 Å². The van der Waals surface area contributed by atoms with E-state index in [9.17, 15) is 8.42 Å². The molecule has 29 heavy (non-hydrogen) atoms. The molecule has 0 fully saturated rings. The molecular formula is C22H23N3O2S2. The van der Waals surface area contributed by atoms with Crippen molar-refractivity contribution in [3.8, 4) is 0 Å². The largest absolute Gasteiger partial charge is 0.356 e. The van der Waals surface area contributed by atoms with E-state index in [1.165, 1.54) is 0 Å². The van der Waals surface area contributed by atoms with Gasteiger partial charge in [-0.3, -0.25) is 4.72 Å². The summed E-state index contributed by atoms with van der Waals surface area (Å²) in [7, 11) is -3.62. The predicted octanol–water partition coefficient (Wildman–Crippen LogP) is 4.84. The molecule has 150 valence electrons. The van der Waals surface area contributed by atoms with Crippen molar-refractivity contribution >= 4 is 38.7 Å². The van der Waals surface area contributed by atoms with Gasteiger partial charge in [-0.05, 0) is 68.0 Å². The molecular weight excluding hydrogens is 402 g/mol. The van der Waals surface area contributed by atoms with E-state index < -0.39 is 10.0 Å². The van der Waals surface area contributed by atoms with Gasteiger partial charge in [0.1, 0.15) is 0 Å². The molecule has 7 heteroatoms.